The lowest BCUT2D eigenvalue weighted by Crippen LogP contribution is -2.15. The van der Waals surface area contributed by atoms with E-state index >= 15 is 0 Å². The van der Waals surface area contributed by atoms with E-state index < -0.39 is 0 Å². The summed E-state index contributed by atoms with van der Waals surface area (Å²) in [7, 11) is 0. The smallest absolute Gasteiger partial charge is 0.171 e. The molecule has 0 aliphatic carbocycles. The third-order valence-electron chi connectivity index (χ3n) is 2.42. The van der Waals surface area contributed by atoms with Gasteiger partial charge in [0.2, 0.25) is 0 Å². The first-order valence-electron chi connectivity index (χ1n) is 5.41. The summed E-state index contributed by atoms with van der Waals surface area (Å²) in [6.07, 6.45) is 0. The lowest BCUT2D eigenvalue weighted by molar-refractivity contribution is 0.250. The lowest BCUT2D eigenvalue weighted by Gasteiger charge is -2.13. The predicted octanol–water partition coefficient (Wildman–Crippen LogP) is 1.81. The molecule has 0 saturated carbocycles. The van der Waals surface area contributed by atoms with Crippen molar-refractivity contribution >= 4 is 17.6 Å². The molecule has 0 aliphatic rings. The van der Waals surface area contributed by atoms with Crippen LogP contribution in [0.25, 0.3) is 0 Å². The van der Waals surface area contributed by atoms with Gasteiger partial charge in [-0.15, -0.1) is 11.8 Å². The molecule has 1 unspecified atom stereocenters. The molecule has 0 amide bonds. The Labute approximate surface area is 106 Å². The third-order valence-corrected chi connectivity index (χ3v) is 3.99. The summed E-state index contributed by atoms with van der Waals surface area (Å²) < 4.78 is 0. The average Bonchev–Trinajstić information content (AvgIpc) is 2.35. The minimum Gasteiger partial charge on any atom is -0.409 e. The van der Waals surface area contributed by atoms with Gasteiger partial charge in [0, 0.05) is 22.8 Å². The van der Waals surface area contributed by atoms with E-state index in [9.17, 15) is 0 Å². The highest BCUT2D eigenvalue weighted by Crippen LogP contribution is 2.28. The molecule has 1 aromatic carbocycles. The highest BCUT2D eigenvalue weighted by Gasteiger charge is 2.11. The molecule has 0 aromatic heterocycles. The predicted molar refractivity (Wildman–Crippen MR) is 70.7 cm³/mol. The molecule has 17 heavy (non-hydrogen) atoms. The summed E-state index contributed by atoms with van der Waals surface area (Å²) in [6, 6.07) is 5.69. The van der Waals surface area contributed by atoms with Gasteiger partial charge in [0.05, 0.1) is 0 Å². The van der Waals surface area contributed by atoms with E-state index in [1.54, 1.807) is 11.8 Å². The maximum atomic E-state index is 9.00. The average molecular weight is 254 g/mol. The molecule has 0 spiro atoms. The Hall–Kier alpha value is -1.20. The van der Waals surface area contributed by atoms with Gasteiger partial charge < -0.3 is 16.0 Å². The van der Waals surface area contributed by atoms with Crippen molar-refractivity contribution < 1.29 is 10.3 Å². The van der Waals surface area contributed by atoms with Gasteiger partial charge in [0.1, 0.15) is 0 Å². The van der Waals surface area contributed by atoms with Gasteiger partial charge in [-0.2, -0.15) is 0 Å². The summed E-state index contributed by atoms with van der Waals surface area (Å²) in [5, 5.41) is 20.8. The van der Waals surface area contributed by atoms with Crippen molar-refractivity contribution in [1.82, 2.24) is 0 Å². The second kappa shape index (κ2) is 6.51. The Kier molecular flexibility index (Phi) is 5.31. The van der Waals surface area contributed by atoms with Crippen LogP contribution in [0.5, 0.6) is 0 Å². The maximum Gasteiger partial charge on any atom is 0.171 e. The monoisotopic (exact) mass is 254 g/mol. The number of aliphatic hydroxyl groups excluding tert-OH is 1. The van der Waals surface area contributed by atoms with Crippen LogP contribution in [-0.4, -0.2) is 28.5 Å². The molecule has 0 aliphatic heterocycles. The van der Waals surface area contributed by atoms with Gasteiger partial charge in [-0.25, -0.2) is 0 Å². The van der Waals surface area contributed by atoms with E-state index in [0.717, 1.165) is 21.8 Å². The lowest BCUT2D eigenvalue weighted by atomic mass is 10.1. The molecule has 0 radical (unpaired) electrons. The third kappa shape index (κ3) is 3.64. The van der Waals surface area contributed by atoms with Crippen molar-refractivity contribution in [1.29, 1.82) is 0 Å². The van der Waals surface area contributed by atoms with E-state index in [-0.39, 0.29) is 18.4 Å². The fraction of sp³-hybridized carbons (Fsp3) is 0.417. The van der Waals surface area contributed by atoms with Crippen molar-refractivity contribution in [2.45, 2.75) is 18.7 Å². The number of oxime groups is 1. The number of aryl methyl sites for hydroxylation is 1. The molecule has 4 N–H and O–H groups in total. The second-order valence-electron chi connectivity index (χ2n) is 4.04. The normalized spacial score (nSPS) is 13.7. The Bertz CT molecular complexity index is 407. The number of hydrogen-bond donors (Lipinski definition) is 3. The zero-order chi connectivity index (χ0) is 12.8. The Balaban J connectivity index is 2.96. The Morgan fingerprint density at radius 1 is 1.53 bits per heavy atom. The Morgan fingerprint density at radius 2 is 2.24 bits per heavy atom. The van der Waals surface area contributed by atoms with Gasteiger partial charge in [0.25, 0.3) is 0 Å². The van der Waals surface area contributed by atoms with Crippen LogP contribution in [0.15, 0.2) is 28.3 Å². The zero-order valence-electron chi connectivity index (χ0n) is 10.1. The molecule has 5 heteroatoms. The van der Waals surface area contributed by atoms with Gasteiger partial charge in [-0.1, -0.05) is 30.3 Å². The van der Waals surface area contributed by atoms with E-state index in [1.807, 2.05) is 32.0 Å². The van der Waals surface area contributed by atoms with E-state index in [2.05, 4.69) is 5.16 Å². The molecular formula is C12H18N2O2S. The standard InChI is InChI=1S/C12H18N2O2S/c1-8(6-15)7-17-11-9(2)4-3-5-10(11)12(13)14-16/h3-5,8,15-16H,6-7H2,1-2H3,(H2,13,14). The second-order valence-corrected chi connectivity index (χ2v) is 5.07. The van der Waals surface area contributed by atoms with E-state index in [4.69, 9.17) is 16.0 Å². The number of thioether (sulfide) groups is 1. The van der Waals surface area contributed by atoms with Crippen LogP contribution < -0.4 is 5.73 Å². The number of aliphatic hydroxyl groups is 1. The first-order chi connectivity index (χ1) is 8.10. The highest BCUT2D eigenvalue weighted by molar-refractivity contribution is 7.99. The first-order valence-corrected chi connectivity index (χ1v) is 6.39. The number of nitrogens with zero attached hydrogens (tertiary/aromatic N) is 1. The van der Waals surface area contributed by atoms with Crippen LogP contribution in [0.4, 0.5) is 0 Å². The molecule has 0 bridgehead atoms. The highest BCUT2D eigenvalue weighted by atomic mass is 32.2. The maximum absolute atomic E-state index is 9.00. The number of hydrogen-bond acceptors (Lipinski definition) is 4. The SMILES string of the molecule is Cc1cccc(/C(N)=N/O)c1SCC(C)CO. The molecule has 1 aromatic rings. The van der Waals surface area contributed by atoms with Crippen LogP contribution >= 0.6 is 11.8 Å². The van der Waals surface area contributed by atoms with Crippen LogP contribution in [0, 0.1) is 12.8 Å². The van der Waals surface area contributed by atoms with Crippen molar-refractivity contribution in [2.75, 3.05) is 12.4 Å². The molecule has 0 heterocycles. The number of rotatable bonds is 5. The Morgan fingerprint density at radius 3 is 2.82 bits per heavy atom. The molecular weight excluding hydrogens is 236 g/mol. The number of amidine groups is 1. The summed E-state index contributed by atoms with van der Waals surface area (Å²) in [5.41, 5.74) is 7.47. The van der Waals surface area contributed by atoms with E-state index in [0.29, 0.717) is 0 Å². The van der Waals surface area contributed by atoms with Gasteiger partial charge in [-0.05, 0) is 18.4 Å². The summed E-state index contributed by atoms with van der Waals surface area (Å²) in [6.45, 7) is 4.13. The minimum atomic E-state index is 0.118. The van der Waals surface area contributed by atoms with Gasteiger partial charge in [0.15, 0.2) is 5.84 Å². The topological polar surface area (TPSA) is 78.8 Å². The molecule has 94 valence electrons. The molecule has 1 rings (SSSR count). The minimum absolute atomic E-state index is 0.118. The van der Waals surface area contributed by atoms with Crippen molar-refractivity contribution in [3.63, 3.8) is 0 Å². The fourth-order valence-corrected chi connectivity index (χ4v) is 2.56. The summed E-state index contributed by atoms with van der Waals surface area (Å²) in [5.74, 6) is 1.14. The van der Waals surface area contributed by atoms with Crippen molar-refractivity contribution in [2.24, 2.45) is 16.8 Å². The van der Waals surface area contributed by atoms with Gasteiger partial charge >= 0.3 is 0 Å². The number of nitrogens with two attached hydrogens (primary N) is 1. The quantitative estimate of drug-likeness (QED) is 0.246. The summed E-state index contributed by atoms with van der Waals surface area (Å²) in [4.78, 5) is 1.00. The van der Waals surface area contributed by atoms with Gasteiger partial charge in [-0.3, -0.25) is 0 Å². The van der Waals surface area contributed by atoms with Crippen LogP contribution in [0.3, 0.4) is 0 Å². The van der Waals surface area contributed by atoms with Crippen molar-refractivity contribution in [3.05, 3.63) is 29.3 Å². The summed E-state index contributed by atoms with van der Waals surface area (Å²) >= 11 is 1.62. The molecule has 1 atom stereocenters. The fourth-order valence-electron chi connectivity index (χ4n) is 1.38. The van der Waals surface area contributed by atoms with E-state index in [1.165, 1.54) is 0 Å². The van der Waals surface area contributed by atoms with Crippen LogP contribution in [0.1, 0.15) is 18.1 Å². The molecule has 4 nitrogen and oxygen atoms in total. The zero-order valence-corrected chi connectivity index (χ0v) is 10.9. The van der Waals surface area contributed by atoms with Crippen LogP contribution in [0.2, 0.25) is 0 Å². The van der Waals surface area contributed by atoms with Crippen LogP contribution in [-0.2, 0) is 0 Å². The first kappa shape index (κ1) is 13.9. The molecule has 0 fully saturated rings. The van der Waals surface area contributed by atoms with Crippen molar-refractivity contribution in [3.8, 4) is 0 Å². The largest absolute Gasteiger partial charge is 0.409 e. The molecule has 0 saturated heterocycles. The number of benzene rings is 1.